The summed E-state index contributed by atoms with van der Waals surface area (Å²) in [5, 5.41) is 0. The van der Waals surface area contributed by atoms with Gasteiger partial charge in [-0.3, -0.25) is 4.79 Å². The Bertz CT molecular complexity index is 679. The number of likely N-dealkylation sites (tertiary alicyclic amines) is 1. The molecule has 0 atom stereocenters. The molecule has 0 aliphatic carbocycles. The van der Waals surface area contributed by atoms with E-state index in [1.807, 2.05) is 53.4 Å². The van der Waals surface area contributed by atoms with Crippen LogP contribution in [0.4, 0.5) is 0 Å². The van der Waals surface area contributed by atoms with E-state index in [1.54, 1.807) is 0 Å². The van der Waals surface area contributed by atoms with Gasteiger partial charge in [-0.15, -0.1) is 0 Å². The highest BCUT2D eigenvalue weighted by Crippen LogP contribution is 2.27. The number of carbonyl (C=O) groups is 1. The number of rotatable bonds is 4. The number of halogens is 1. The fraction of sp³-hybridized carbons (Fsp3) is 0.350. The number of hydrogen-bond acceptors (Lipinski definition) is 2. The summed E-state index contributed by atoms with van der Waals surface area (Å²) in [6, 6.07) is 15.6. The van der Waals surface area contributed by atoms with Gasteiger partial charge in [-0.05, 0) is 52.5 Å². The minimum Gasteiger partial charge on any atom is -0.488 e. The molecule has 2 aromatic rings. The smallest absolute Gasteiger partial charge is 0.253 e. The van der Waals surface area contributed by atoms with Crippen LogP contribution in [0.2, 0.25) is 0 Å². The van der Waals surface area contributed by atoms with Crippen LogP contribution in [0, 0.1) is 0 Å². The predicted octanol–water partition coefficient (Wildman–Crippen LogP) is 5.04. The van der Waals surface area contributed by atoms with E-state index in [9.17, 15) is 4.79 Å². The molecule has 1 amide bonds. The third-order valence-corrected chi connectivity index (χ3v) is 4.93. The quantitative estimate of drug-likeness (QED) is 0.734. The second-order valence-electron chi connectivity index (χ2n) is 6.13. The third-order valence-electron chi connectivity index (χ3n) is 4.31. The van der Waals surface area contributed by atoms with E-state index in [1.165, 1.54) is 12.8 Å². The number of nitrogens with zero attached hydrogens (tertiary/aromatic N) is 1. The van der Waals surface area contributed by atoms with E-state index in [-0.39, 0.29) is 5.91 Å². The molecule has 1 aliphatic rings. The summed E-state index contributed by atoms with van der Waals surface area (Å²) >= 11 is 3.53. The number of hydrogen-bond donors (Lipinski definition) is 0. The van der Waals surface area contributed by atoms with Gasteiger partial charge >= 0.3 is 0 Å². The van der Waals surface area contributed by atoms with Gasteiger partial charge in [0.2, 0.25) is 0 Å². The number of amides is 1. The Balaban J connectivity index is 1.66. The number of carbonyl (C=O) groups excluding carboxylic acids is 1. The van der Waals surface area contributed by atoms with Crippen molar-refractivity contribution < 1.29 is 9.53 Å². The molecule has 24 heavy (non-hydrogen) atoms. The molecule has 0 spiro atoms. The van der Waals surface area contributed by atoms with Crippen LogP contribution < -0.4 is 4.74 Å². The first-order valence-electron chi connectivity index (χ1n) is 8.49. The summed E-state index contributed by atoms with van der Waals surface area (Å²) in [6.07, 6.45) is 4.65. The molecule has 4 heteroatoms. The zero-order chi connectivity index (χ0) is 16.8. The Hall–Kier alpha value is -1.81. The van der Waals surface area contributed by atoms with Crippen molar-refractivity contribution in [3.05, 3.63) is 64.1 Å². The predicted molar refractivity (Wildman–Crippen MR) is 99.3 cm³/mol. The maximum Gasteiger partial charge on any atom is 0.253 e. The lowest BCUT2D eigenvalue weighted by Crippen LogP contribution is -2.31. The minimum atomic E-state index is 0.118. The first-order valence-corrected chi connectivity index (χ1v) is 9.29. The first kappa shape index (κ1) is 17.0. The van der Waals surface area contributed by atoms with Crippen molar-refractivity contribution in [1.82, 2.24) is 4.90 Å². The van der Waals surface area contributed by atoms with Gasteiger partial charge in [-0.2, -0.15) is 0 Å². The molecule has 0 radical (unpaired) electrons. The number of benzene rings is 2. The van der Waals surface area contributed by atoms with Crippen LogP contribution in [-0.2, 0) is 6.61 Å². The van der Waals surface area contributed by atoms with Gasteiger partial charge in [-0.25, -0.2) is 0 Å². The molecule has 0 saturated carbocycles. The zero-order valence-electron chi connectivity index (χ0n) is 13.7. The van der Waals surface area contributed by atoms with Crippen molar-refractivity contribution in [2.24, 2.45) is 0 Å². The molecule has 1 saturated heterocycles. The maximum atomic E-state index is 12.7. The van der Waals surface area contributed by atoms with Crippen LogP contribution >= 0.6 is 15.9 Å². The molecule has 3 rings (SSSR count). The van der Waals surface area contributed by atoms with Crippen LogP contribution in [0.15, 0.2) is 53.0 Å². The Labute approximate surface area is 151 Å². The topological polar surface area (TPSA) is 29.5 Å². The largest absolute Gasteiger partial charge is 0.488 e. The molecule has 0 aromatic heterocycles. The van der Waals surface area contributed by atoms with Crippen molar-refractivity contribution >= 4 is 21.8 Å². The molecule has 1 heterocycles. The second-order valence-corrected chi connectivity index (χ2v) is 6.98. The molecule has 126 valence electrons. The molecule has 1 aliphatic heterocycles. The molecular weight excluding hydrogens is 366 g/mol. The summed E-state index contributed by atoms with van der Waals surface area (Å²) in [6.45, 7) is 2.24. The van der Waals surface area contributed by atoms with Gasteiger partial charge in [0.25, 0.3) is 5.91 Å². The van der Waals surface area contributed by atoms with Crippen LogP contribution in [-0.4, -0.2) is 23.9 Å². The van der Waals surface area contributed by atoms with E-state index in [4.69, 9.17) is 4.74 Å². The highest BCUT2D eigenvalue weighted by Gasteiger charge is 2.18. The Kier molecular flexibility index (Phi) is 5.91. The van der Waals surface area contributed by atoms with Crippen molar-refractivity contribution in [2.45, 2.75) is 32.3 Å². The van der Waals surface area contributed by atoms with Crippen LogP contribution in [0.25, 0.3) is 0 Å². The Morgan fingerprint density at radius 1 is 1.00 bits per heavy atom. The number of ether oxygens (including phenoxy) is 1. The standard InChI is InChI=1S/C20H22BrNO2/c21-18-14-17(20(23)22-12-6-1-2-7-13-22)10-11-19(18)24-15-16-8-4-3-5-9-16/h3-5,8-11,14H,1-2,6-7,12-13,15H2. The minimum absolute atomic E-state index is 0.118. The summed E-state index contributed by atoms with van der Waals surface area (Å²) < 4.78 is 6.67. The van der Waals surface area contributed by atoms with E-state index in [0.29, 0.717) is 6.61 Å². The van der Waals surface area contributed by atoms with Crippen LogP contribution in [0.3, 0.4) is 0 Å². The fourth-order valence-corrected chi connectivity index (χ4v) is 3.44. The summed E-state index contributed by atoms with van der Waals surface area (Å²) in [5.41, 5.74) is 1.84. The van der Waals surface area contributed by atoms with Gasteiger partial charge in [-0.1, -0.05) is 43.2 Å². The van der Waals surface area contributed by atoms with E-state index < -0.39 is 0 Å². The lowest BCUT2D eigenvalue weighted by atomic mass is 10.2. The van der Waals surface area contributed by atoms with Gasteiger partial charge in [0, 0.05) is 18.7 Å². The Morgan fingerprint density at radius 2 is 1.71 bits per heavy atom. The van der Waals surface area contributed by atoms with E-state index >= 15 is 0 Å². The van der Waals surface area contributed by atoms with E-state index in [2.05, 4.69) is 15.9 Å². The van der Waals surface area contributed by atoms with Crippen LogP contribution in [0.5, 0.6) is 5.75 Å². The van der Waals surface area contributed by atoms with Crippen molar-refractivity contribution in [3.8, 4) is 5.75 Å². The van der Waals surface area contributed by atoms with Crippen LogP contribution in [0.1, 0.15) is 41.6 Å². The molecule has 0 bridgehead atoms. The average molecular weight is 388 g/mol. The molecule has 3 nitrogen and oxygen atoms in total. The summed E-state index contributed by atoms with van der Waals surface area (Å²) in [4.78, 5) is 14.6. The van der Waals surface area contributed by atoms with Gasteiger partial charge in [0.15, 0.2) is 0 Å². The molecule has 0 unspecified atom stereocenters. The van der Waals surface area contributed by atoms with Gasteiger partial charge in [0.05, 0.1) is 4.47 Å². The molecule has 1 fully saturated rings. The average Bonchev–Trinajstić information content (AvgIpc) is 2.90. The normalized spacial score (nSPS) is 15.0. The summed E-state index contributed by atoms with van der Waals surface area (Å²) in [7, 11) is 0. The highest BCUT2D eigenvalue weighted by molar-refractivity contribution is 9.10. The second kappa shape index (κ2) is 8.34. The van der Waals surface area contributed by atoms with Gasteiger partial charge < -0.3 is 9.64 Å². The Morgan fingerprint density at radius 3 is 2.38 bits per heavy atom. The lowest BCUT2D eigenvalue weighted by molar-refractivity contribution is 0.0761. The maximum absolute atomic E-state index is 12.7. The highest BCUT2D eigenvalue weighted by atomic mass is 79.9. The molecule has 2 aromatic carbocycles. The van der Waals surface area contributed by atoms with Crippen molar-refractivity contribution in [3.63, 3.8) is 0 Å². The molecule has 0 N–H and O–H groups in total. The fourth-order valence-electron chi connectivity index (χ4n) is 2.94. The monoisotopic (exact) mass is 387 g/mol. The SMILES string of the molecule is O=C(c1ccc(OCc2ccccc2)c(Br)c1)N1CCCCCC1. The summed E-state index contributed by atoms with van der Waals surface area (Å²) in [5.74, 6) is 0.874. The van der Waals surface area contributed by atoms with E-state index in [0.717, 1.165) is 47.3 Å². The zero-order valence-corrected chi connectivity index (χ0v) is 15.3. The first-order chi connectivity index (χ1) is 11.7. The molecular formula is C20H22BrNO2. The third kappa shape index (κ3) is 4.38. The lowest BCUT2D eigenvalue weighted by Gasteiger charge is -2.20. The van der Waals surface area contributed by atoms with Gasteiger partial charge in [0.1, 0.15) is 12.4 Å². The van der Waals surface area contributed by atoms with Crippen molar-refractivity contribution in [1.29, 1.82) is 0 Å². The van der Waals surface area contributed by atoms with Crippen molar-refractivity contribution in [2.75, 3.05) is 13.1 Å².